The van der Waals surface area contributed by atoms with Crippen molar-refractivity contribution in [2.24, 2.45) is 0 Å². The summed E-state index contributed by atoms with van der Waals surface area (Å²) in [4.78, 5) is 15.7. The Labute approximate surface area is 173 Å². The summed E-state index contributed by atoms with van der Waals surface area (Å²) in [5.41, 5.74) is -2.66. The molecule has 0 fully saturated rings. The lowest BCUT2D eigenvalue weighted by Crippen LogP contribution is -2.28. The number of halogens is 6. The van der Waals surface area contributed by atoms with Crippen LogP contribution in [0.4, 0.5) is 27.6 Å². The lowest BCUT2D eigenvalue weighted by Gasteiger charge is -2.24. The average Bonchev–Trinajstić information content (AvgIpc) is 2.66. The highest BCUT2D eigenvalue weighted by Crippen LogP contribution is 2.33. The zero-order chi connectivity index (χ0) is 22.5. The van der Waals surface area contributed by atoms with E-state index in [1.807, 2.05) is 0 Å². The fourth-order valence-corrected chi connectivity index (χ4v) is 3.34. The summed E-state index contributed by atoms with van der Waals surface area (Å²) in [7, 11) is 0. The van der Waals surface area contributed by atoms with Gasteiger partial charge in [-0.15, -0.1) is 0 Å². The van der Waals surface area contributed by atoms with Gasteiger partial charge in [-0.2, -0.15) is 13.8 Å². The Hall–Kier alpha value is -2.68. The molecule has 0 radical (unpaired) electrons. The van der Waals surface area contributed by atoms with E-state index in [1.165, 1.54) is 0 Å². The van der Waals surface area contributed by atoms with Gasteiger partial charge < -0.3 is 5.32 Å². The third kappa shape index (κ3) is 3.62. The van der Waals surface area contributed by atoms with Gasteiger partial charge in [0.1, 0.15) is 10.7 Å². The van der Waals surface area contributed by atoms with Crippen molar-refractivity contribution in [3.05, 3.63) is 62.3 Å². The number of fused-ring (bicyclic) bond motifs is 1. The standard InChI is InChI=1S/C20H17ClF5N3O/c1-5-8-6-11(30)9-7-10(22)13(23)12(21)17(9)29(8)19-15(25)16(28-20(2,3)4)14(24)18(26)27-19/h6-7H,5H2,1-4H3,(H,27,28). The Morgan fingerprint density at radius 3 is 2.27 bits per heavy atom. The summed E-state index contributed by atoms with van der Waals surface area (Å²) in [5.74, 6) is -8.06. The minimum atomic E-state index is -1.62. The van der Waals surface area contributed by atoms with Crippen LogP contribution >= 0.6 is 11.6 Å². The van der Waals surface area contributed by atoms with E-state index >= 15 is 4.39 Å². The van der Waals surface area contributed by atoms with Crippen LogP contribution in [0, 0.1) is 29.2 Å². The average molecular weight is 446 g/mol. The van der Waals surface area contributed by atoms with Gasteiger partial charge in [0.2, 0.25) is 5.82 Å². The Morgan fingerprint density at radius 1 is 1.07 bits per heavy atom. The summed E-state index contributed by atoms with van der Waals surface area (Å²) in [5, 5.41) is 1.35. The molecule has 0 amide bonds. The van der Waals surface area contributed by atoms with E-state index in [2.05, 4.69) is 10.3 Å². The van der Waals surface area contributed by atoms with Gasteiger partial charge in [0.25, 0.3) is 5.95 Å². The maximum atomic E-state index is 15.3. The van der Waals surface area contributed by atoms with Crippen LogP contribution in [0.5, 0.6) is 0 Å². The number of pyridine rings is 2. The Morgan fingerprint density at radius 2 is 1.70 bits per heavy atom. The molecule has 0 saturated carbocycles. The Balaban J connectivity index is 2.53. The molecule has 0 aliphatic rings. The molecule has 160 valence electrons. The largest absolute Gasteiger partial charge is 0.375 e. The van der Waals surface area contributed by atoms with Gasteiger partial charge in [0.05, 0.1) is 10.9 Å². The molecule has 0 atom stereocenters. The highest BCUT2D eigenvalue weighted by molar-refractivity contribution is 6.35. The predicted octanol–water partition coefficient (Wildman–Crippen LogP) is 5.51. The second-order valence-electron chi connectivity index (χ2n) is 7.68. The molecule has 2 heterocycles. The number of anilines is 1. The number of nitrogens with one attached hydrogen (secondary N) is 1. The van der Waals surface area contributed by atoms with Gasteiger partial charge in [-0.05, 0) is 33.3 Å². The van der Waals surface area contributed by atoms with Crippen molar-refractivity contribution in [1.29, 1.82) is 0 Å². The monoisotopic (exact) mass is 445 g/mol. The van der Waals surface area contributed by atoms with Crippen molar-refractivity contribution in [1.82, 2.24) is 9.55 Å². The molecule has 10 heteroatoms. The SMILES string of the molecule is CCc1cc(=O)c2cc(F)c(F)c(Cl)c2n1-c1nc(F)c(F)c(NC(C)(C)C)c1F. The summed E-state index contributed by atoms with van der Waals surface area (Å²) >= 11 is 5.95. The van der Waals surface area contributed by atoms with E-state index in [4.69, 9.17) is 11.6 Å². The third-order valence-electron chi connectivity index (χ3n) is 4.30. The van der Waals surface area contributed by atoms with E-state index in [9.17, 15) is 22.4 Å². The zero-order valence-electron chi connectivity index (χ0n) is 16.4. The number of nitrogens with zero attached hydrogens (tertiary/aromatic N) is 2. The van der Waals surface area contributed by atoms with E-state index in [0.29, 0.717) is 6.07 Å². The molecule has 1 N–H and O–H groups in total. The number of aromatic nitrogens is 2. The van der Waals surface area contributed by atoms with Crippen LogP contribution in [0.15, 0.2) is 16.9 Å². The second-order valence-corrected chi connectivity index (χ2v) is 8.05. The maximum absolute atomic E-state index is 15.3. The fraction of sp³-hybridized carbons (Fsp3) is 0.300. The molecule has 0 aliphatic carbocycles. The van der Waals surface area contributed by atoms with Gasteiger partial charge in [-0.25, -0.2) is 13.2 Å². The van der Waals surface area contributed by atoms with Crippen molar-refractivity contribution in [2.75, 3.05) is 5.32 Å². The lowest BCUT2D eigenvalue weighted by molar-refractivity contribution is 0.459. The van der Waals surface area contributed by atoms with Crippen LogP contribution in [0.25, 0.3) is 16.7 Å². The van der Waals surface area contributed by atoms with Crippen molar-refractivity contribution < 1.29 is 22.0 Å². The first-order valence-electron chi connectivity index (χ1n) is 8.92. The Kier molecular flexibility index (Phi) is 5.53. The topological polar surface area (TPSA) is 46.9 Å². The molecule has 0 aliphatic heterocycles. The minimum Gasteiger partial charge on any atom is -0.375 e. The van der Waals surface area contributed by atoms with Gasteiger partial charge in [-0.3, -0.25) is 9.36 Å². The number of aryl methyl sites for hydroxylation is 1. The second kappa shape index (κ2) is 7.54. The van der Waals surface area contributed by atoms with Crippen molar-refractivity contribution in [3.8, 4) is 5.82 Å². The first kappa shape index (κ1) is 22.0. The van der Waals surface area contributed by atoms with Crippen LogP contribution in [0.2, 0.25) is 5.02 Å². The summed E-state index contributed by atoms with van der Waals surface area (Å²) in [6, 6.07) is 1.66. The van der Waals surface area contributed by atoms with Crippen LogP contribution in [0.1, 0.15) is 33.4 Å². The first-order chi connectivity index (χ1) is 13.9. The maximum Gasteiger partial charge on any atom is 0.253 e. The summed E-state index contributed by atoms with van der Waals surface area (Å²) in [6.45, 7) is 6.40. The molecule has 0 spiro atoms. The quantitative estimate of drug-likeness (QED) is 0.328. The molecular weight excluding hydrogens is 429 g/mol. The molecule has 0 saturated heterocycles. The molecule has 30 heavy (non-hydrogen) atoms. The van der Waals surface area contributed by atoms with Crippen molar-refractivity contribution in [3.63, 3.8) is 0 Å². The predicted molar refractivity (Wildman–Crippen MR) is 105 cm³/mol. The van der Waals surface area contributed by atoms with E-state index < -0.39 is 62.2 Å². The third-order valence-corrected chi connectivity index (χ3v) is 4.65. The number of hydrogen-bond acceptors (Lipinski definition) is 3. The van der Waals surface area contributed by atoms with Crippen LogP contribution in [0.3, 0.4) is 0 Å². The van der Waals surface area contributed by atoms with Gasteiger partial charge in [0, 0.05) is 17.3 Å². The minimum absolute atomic E-state index is 0.0829. The normalized spacial score (nSPS) is 11.9. The highest BCUT2D eigenvalue weighted by Gasteiger charge is 2.28. The van der Waals surface area contributed by atoms with Crippen LogP contribution in [-0.4, -0.2) is 15.1 Å². The van der Waals surface area contributed by atoms with E-state index in [0.717, 1.165) is 10.6 Å². The van der Waals surface area contributed by atoms with E-state index in [-0.39, 0.29) is 17.5 Å². The molecule has 2 aromatic heterocycles. The summed E-state index contributed by atoms with van der Waals surface area (Å²) < 4.78 is 72.9. The lowest BCUT2D eigenvalue weighted by atomic mass is 10.1. The smallest absolute Gasteiger partial charge is 0.253 e. The van der Waals surface area contributed by atoms with Crippen molar-refractivity contribution >= 4 is 28.2 Å². The van der Waals surface area contributed by atoms with E-state index in [1.54, 1.807) is 27.7 Å². The Bertz CT molecular complexity index is 1230. The van der Waals surface area contributed by atoms with Crippen molar-refractivity contribution in [2.45, 2.75) is 39.7 Å². The van der Waals surface area contributed by atoms with Gasteiger partial charge >= 0.3 is 0 Å². The zero-order valence-corrected chi connectivity index (χ0v) is 17.2. The molecule has 1 aromatic carbocycles. The molecule has 4 nitrogen and oxygen atoms in total. The number of rotatable bonds is 3. The highest BCUT2D eigenvalue weighted by atomic mass is 35.5. The molecule has 0 bridgehead atoms. The summed E-state index contributed by atoms with van der Waals surface area (Å²) in [6.07, 6.45) is 0.0999. The molecular formula is C20H17ClF5N3O. The molecule has 3 rings (SSSR count). The first-order valence-corrected chi connectivity index (χ1v) is 9.30. The van der Waals surface area contributed by atoms with Crippen LogP contribution in [-0.2, 0) is 6.42 Å². The number of benzene rings is 1. The van der Waals surface area contributed by atoms with Gasteiger partial charge in [-0.1, -0.05) is 18.5 Å². The fourth-order valence-electron chi connectivity index (χ4n) is 3.07. The number of hydrogen-bond donors (Lipinski definition) is 1. The molecule has 3 aromatic rings. The van der Waals surface area contributed by atoms with Crippen LogP contribution < -0.4 is 10.7 Å². The molecule has 0 unspecified atom stereocenters. The van der Waals surface area contributed by atoms with Gasteiger partial charge in [0.15, 0.2) is 28.7 Å².